The summed E-state index contributed by atoms with van der Waals surface area (Å²) in [7, 11) is -0.930. The molecule has 0 saturated carbocycles. The van der Waals surface area contributed by atoms with Gasteiger partial charge in [-0.3, -0.25) is 9.00 Å². The molecule has 0 heterocycles. The van der Waals surface area contributed by atoms with Crippen LogP contribution in [0.4, 0.5) is 0 Å². The molecule has 0 saturated heterocycles. The summed E-state index contributed by atoms with van der Waals surface area (Å²) in [5, 5.41) is 2.79. The second kappa shape index (κ2) is 6.65. The van der Waals surface area contributed by atoms with Crippen LogP contribution in [0.3, 0.4) is 0 Å². The minimum Gasteiger partial charge on any atom is -0.351 e. The molecule has 1 N–H and O–H groups in total. The van der Waals surface area contributed by atoms with Crippen LogP contribution in [0.25, 0.3) is 0 Å². The van der Waals surface area contributed by atoms with Crippen molar-refractivity contribution in [1.82, 2.24) is 5.32 Å². The fourth-order valence-electron chi connectivity index (χ4n) is 1.27. The number of hydrogen-bond acceptors (Lipinski definition) is 2. The second-order valence-corrected chi connectivity index (χ2v) is 8.49. The third kappa shape index (κ3) is 5.06. The molecular formula is C13H18INO2S. The van der Waals surface area contributed by atoms with Crippen molar-refractivity contribution >= 4 is 39.3 Å². The molecule has 1 rings (SSSR count). The highest BCUT2D eigenvalue weighted by Gasteiger charge is 2.18. The molecule has 1 aromatic rings. The van der Waals surface area contributed by atoms with E-state index in [4.69, 9.17) is 0 Å². The van der Waals surface area contributed by atoms with Crippen molar-refractivity contribution in [2.45, 2.75) is 25.5 Å². The third-order valence-corrected chi connectivity index (χ3v) is 5.02. The largest absolute Gasteiger partial charge is 0.351 e. The van der Waals surface area contributed by atoms with Gasteiger partial charge < -0.3 is 5.32 Å². The summed E-state index contributed by atoms with van der Waals surface area (Å²) in [6.45, 7) is 6.24. The van der Waals surface area contributed by atoms with Gasteiger partial charge in [0.2, 0.25) is 0 Å². The molecule has 1 unspecified atom stereocenters. The maximum atomic E-state index is 11.8. The van der Waals surface area contributed by atoms with Gasteiger partial charge in [-0.25, -0.2) is 0 Å². The summed E-state index contributed by atoms with van der Waals surface area (Å²) in [5.74, 6) is 0.372. The van der Waals surface area contributed by atoms with E-state index in [9.17, 15) is 9.00 Å². The molecule has 0 aliphatic heterocycles. The summed E-state index contributed by atoms with van der Waals surface area (Å²) in [5.41, 5.74) is 0.636. The maximum absolute atomic E-state index is 11.8. The van der Waals surface area contributed by atoms with Crippen LogP contribution in [0, 0.1) is 3.57 Å². The van der Waals surface area contributed by atoms with Gasteiger partial charge >= 0.3 is 0 Å². The molecule has 1 aromatic carbocycles. The van der Waals surface area contributed by atoms with Crippen LogP contribution in [0.5, 0.6) is 0 Å². The smallest absolute Gasteiger partial charge is 0.251 e. The van der Waals surface area contributed by atoms with Crippen LogP contribution < -0.4 is 5.32 Å². The van der Waals surface area contributed by atoms with E-state index in [0.29, 0.717) is 17.9 Å². The van der Waals surface area contributed by atoms with Crippen LogP contribution in [-0.4, -0.2) is 27.2 Å². The number of carbonyl (C=O) groups is 1. The lowest BCUT2D eigenvalue weighted by atomic mass is 10.2. The molecule has 18 heavy (non-hydrogen) atoms. The topological polar surface area (TPSA) is 46.2 Å². The number of rotatable bonds is 4. The van der Waals surface area contributed by atoms with Crippen molar-refractivity contribution in [3.8, 4) is 0 Å². The summed E-state index contributed by atoms with van der Waals surface area (Å²) in [6, 6.07) is 7.36. The molecule has 100 valence electrons. The molecule has 0 fully saturated rings. The lowest BCUT2D eigenvalue weighted by molar-refractivity contribution is 0.0956. The van der Waals surface area contributed by atoms with Gasteiger partial charge in [0.15, 0.2) is 0 Å². The molecular weight excluding hydrogens is 361 g/mol. The zero-order valence-corrected chi connectivity index (χ0v) is 13.8. The Hall–Kier alpha value is -0.430. The van der Waals surface area contributed by atoms with E-state index in [1.54, 1.807) is 12.1 Å². The van der Waals surface area contributed by atoms with Crippen molar-refractivity contribution in [3.63, 3.8) is 0 Å². The standard InChI is InChI=1S/C13H18INO2S/c1-13(2,3)18(17)9-8-15-12(16)10-4-6-11(14)7-5-10/h4-7H,8-9H2,1-3H3,(H,15,16). The van der Waals surface area contributed by atoms with Crippen LogP contribution in [0.15, 0.2) is 24.3 Å². The fraction of sp³-hybridized carbons (Fsp3) is 0.462. The Balaban J connectivity index is 2.43. The third-order valence-electron chi connectivity index (χ3n) is 2.36. The molecule has 0 aliphatic rings. The molecule has 5 heteroatoms. The minimum absolute atomic E-state index is 0.114. The van der Waals surface area contributed by atoms with Crippen LogP contribution in [0.2, 0.25) is 0 Å². The molecule has 1 atom stereocenters. The zero-order chi connectivity index (χ0) is 13.8. The molecule has 0 aliphatic carbocycles. The second-order valence-electron chi connectivity index (χ2n) is 4.92. The first-order valence-electron chi connectivity index (χ1n) is 5.73. The van der Waals surface area contributed by atoms with Gasteiger partial charge in [0.05, 0.1) is 0 Å². The van der Waals surface area contributed by atoms with Gasteiger partial charge in [-0.05, 0) is 67.6 Å². The Morgan fingerprint density at radius 3 is 2.33 bits per heavy atom. The van der Waals surface area contributed by atoms with Crippen molar-refractivity contribution in [2.75, 3.05) is 12.3 Å². The summed E-state index contributed by atoms with van der Waals surface area (Å²) >= 11 is 2.19. The highest BCUT2D eigenvalue weighted by molar-refractivity contribution is 14.1. The Morgan fingerprint density at radius 2 is 1.83 bits per heavy atom. The maximum Gasteiger partial charge on any atom is 0.251 e. The SMILES string of the molecule is CC(C)(C)S(=O)CCNC(=O)c1ccc(I)cc1. The monoisotopic (exact) mass is 379 g/mol. The van der Waals surface area contributed by atoms with Crippen LogP contribution >= 0.6 is 22.6 Å². The summed E-state index contributed by atoms with van der Waals surface area (Å²) in [4.78, 5) is 11.8. The number of amides is 1. The molecule has 0 bridgehead atoms. The van der Waals surface area contributed by atoms with Crippen molar-refractivity contribution < 1.29 is 9.00 Å². The lowest BCUT2D eigenvalue weighted by Gasteiger charge is -2.17. The highest BCUT2D eigenvalue weighted by Crippen LogP contribution is 2.10. The lowest BCUT2D eigenvalue weighted by Crippen LogP contribution is -2.32. The summed E-state index contributed by atoms with van der Waals surface area (Å²) < 4.78 is 12.7. The number of nitrogens with one attached hydrogen (secondary N) is 1. The predicted molar refractivity (Wildman–Crippen MR) is 84.3 cm³/mol. The van der Waals surface area contributed by atoms with E-state index in [-0.39, 0.29) is 10.7 Å². The Morgan fingerprint density at radius 1 is 1.28 bits per heavy atom. The van der Waals surface area contributed by atoms with E-state index in [1.165, 1.54) is 0 Å². The van der Waals surface area contributed by atoms with Crippen LogP contribution in [-0.2, 0) is 10.8 Å². The Bertz CT molecular complexity index is 437. The number of hydrogen-bond donors (Lipinski definition) is 1. The van der Waals surface area contributed by atoms with Gasteiger partial charge in [-0.2, -0.15) is 0 Å². The normalized spacial score (nSPS) is 13.1. The number of carbonyl (C=O) groups excluding carboxylic acids is 1. The quantitative estimate of drug-likeness (QED) is 0.818. The Kier molecular flexibility index (Phi) is 5.78. The van der Waals surface area contributed by atoms with Gasteiger partial charge in [0.1, 0.15) is 0 Å². The number of benzene rings is 1. The molecule has 0 radical (unpaired) electrons. The van der Waals surface area contributed by atoms with Gasteiger partial charge in [-0.15, -0.1) is 0 Å². The van der Waals surface area contributed by atoms with Gasteiger partial charge in [-0.1, -0.05) is 0 Å². The van der Waals surface area contributed by atoms with Crippen LogP contribution in [0.1, 0.15) is 31.1 Å². The first kappa shape index (κ1) is 15.6. The van der Waals surface area contributed by atoms with Gasteiger partial charge in [0, 0.05) is 37.0 Å². The molecule has 1 amide bonds. The first-order chi connectivity index (χ1) is 8.30. The van der Waals surface area contributed by atoms with E-state index >= 15 is 0 Å². The average molecular weight is 379 g/mol. The first-order valence-corrected chi connectivity index (χ1v) is 8.13. The van der Waals surface area contributed by atoms with E-state index in [1.807, 2.05) is 32.9 Å². The van der Waals surface area contributed by atoms with E-state index in [0.717, 1.165) is 3.57 Å². The predicted octanol–water partition coefficient (Wildman–Crippen LogP) is 2.57. The highest BCUT2D eigenvalue weighted by atomic mass is 127. The molecule has 0 spiro atoms. The minimum atomic E-state index is -0.930. The Labute approximate surface area is 124 Å². The average Bonchev–Trinajstić information content (AvgIpc) is 2.28. The van der Waals surface area contributed by atoms with Crippen molar-refractivity contribution in [2.24, 2.45) is 0 Å². The van der Waals surface area contributed by atoms with Crippen molar-refractivity contribution in [1.29, 1.82) is 0 Å². The molecule has 3 nitrogen and oxygen atoms in total. The van der Waals surface area contributed by atoms with Gasteiger partial charge in [0.25, 0.3) is 5.91 Å². The zero-order valence-electron chi connectivity index (χ0n) is 10.8. The van der Waals surface area contributed by atoms with E-state index in [2.05, 4.69) is 27.9 Å². The molecule has 0 aromatic heterocycles. The van der Waals surface area contributed by atoms with E-state index < -0.39 is 10.8 Å². The fourth-order valence-corrected chi connectivity index (χ4v) is 2.53. The number of halogens is 1. The van der Waals surface area contributed by atoms with Crippen molar-refractivity contribution in [3.05, 3.63) is 33.4 Å². The summed E-state index contributed by atoms with van der Waals surface area (Å²) in [6.07, 6.45) is 0.